The number of hydrogen-bond acceptors (Lipinski definition) is 0. The Hall–Kier alpha value is -0.820. The van der Waals surface area contributed by atoms with Crippen LogP contribution in [0.2, 0.25) is 0 Å². The minimum atomic E-state index is -6.42. The highest BCUT2D eigenvalue weighted by atomic mass is 19.4. The van der Waals surface area contributed by atoms with E-state index in [1.54, 1.807) is 0 Å². The van der Waals surface area contributed by atoms with Gasteiger partial charge in [0, 0.05) is 6.08 Å². The number of allylic oxidation sites excluding steroid dienone is 1. The summed E-state index contributed by atoms with van der Waals surface area (Å²) in [5.41, 5.74) is 0. The third-order valence-electron chi connectivity index (χ3n) is 1.05. The molecule has 0 aromatic heterocycles. The van der Waals surface area contributed by atoms with Gasteiger partial charge in [0.05, 0.1) is 6.33 Å². The number of halogens is 8. The predicted molar refractivity (Wildman–Crippen MR) is 26.2 cm³/mol. The first-order chi connectivity index (χ1) is 5.56. The molecule has 0 radical (unpaired) electrons. The van der Waals surface area contributed by atoms with E-state index in [0.29, 0.717) is 0 Å². The molecule has 0 nitrogen and oxygen atoms in total. The fourth-order valence-corrected chi connectivity index (χ4v) is 0.373. The van der Waals surface area contributed by atoms with Crippen LogP contribution in [-0.2, 0) is 0 Å². The highest BCUT2D eigenvalue weighted by Crippen LogP contribution is 2.46. The molecule has 0 aliphatic carbocycles. The van der Waals surface area contributed by atoms with Gasteiger partial charge in [-0.25, -0.2) is 4.39 Å². The summed E-state index contributed by atoms with van der Waals surface area (Å²) in [7, 11) is 0. The molecule has 0 aliphatic heterocycles. The summed E-state index contributed by atoms with van der Waals surface area (Å²) in [5, 5.41) is 0. The van der Waals surface area contributed by atoms with E-state index in [1.165, 1.54) is 0 Å². The van der Waals surface area contributed by atoms with Crippen molar-refractivity contribution in [2.45, 2.75) is 18.0 Å². The maximum atomic E-state index is 11.9. The summed E-state index contributed by atoms with van der Waals surface area (Å²) in [6.45, 7) is 0. The van der Waals surface area contributed by atoms with Crippen LogP contribution in [0, 0.1) is 0 Å². The van der Waals surface area contributed by atoms with Crippen molar-refractivity contribution in [2.24, 2.45) is 0 Å². The van der Waals surface area contributed by atoms with Gasteiger partial charge in [0.1, 0.15) is 0 Å². The molecular weight excluding hydrogens is 212 g/mol. The third kappa shape index (κ3) is 2.10. The first-order valence-corrected chi connectivity index (χ1v) is 2.66. The summed E-state index contributed by atoms with van der Waals surface area (Å²) in [5.74, 6) is -11.9. The molecule has 78 valence electrons. The zero-order chi connectivity index (χ0) is 10.9. The zero-order valence-electron chi connectivity index (χ0n) is 5.68. The molecular formula is C5H2F8. The van der Waals surface area contributed by atoms with Gasteiger partial charge in [-0.15, -0.1) is 0 Å². The van der Waals surface area contributed by atoms with Crippen LogP contribution in [0.15, 0.2) is 12.4 Å². The minimum absolute atomic E-state index is 1.07. The van der Waals surface area contributed by atoms with E-state index in [-0.39, 0.29) is 0 Å². The topological polar surface area (TPSA) is 0 Å². The fourth-order valence-electron chi connectivity index (χ4n) is 0.373. The van der Waals surface area contributed by atoms with Crippen molar-refractivity contribution in [2.75, 3.05) is 0 Å². The van der Waals surface area contributed by atoms with Crippen LogP contribution in [0.1, 0.15) is 0 Å². The third-order valence-corrected chi connectivity index (χ3v) is 1.05. The van der Waals surface area contributed by atoms with E-state index < -0.39 is 30.4 Å². The highest BCUT2D eigenvalue weighted by molar-refractivity contribution is 5.03. The first-order valence-electron chi connectivity index (χ1n) is 2.66. The van der Waals surface area contributed by atoms with Crippen LogP contribution in [0.4, 0.5) is 35.1 Å². The smallest absolute Gasteiger partial charge is 0.216 e. The van der Waals surface area contributed by atoms with Crippen molar-refractivity contribution in [1.82, 2.24) is 0 Å². The molecule has 13 heavy (non-hydrogen) atoms. The lowest BCUT2D eigenvalue weighted by molar-refractivity contribution is -0.341. The molecule has 0 saturated carbocycles. The maximum Gasteiger partial charge on any atom is 0.460 e. The molecule has 0 aromatic carbocycles. The summed E-state index contributed by atoms with van der Waals surface area (Å²) in [6.07, 6.45) is -8.64. The Labute approximate surface area is 66.8 Å². The lowest BCUT2D eigenvalue weighted by atomic mass is 10.1. The van der Waals surface area contributed by atoms with Crippen molar-refractivity contribution >= 4 is 0 Å². The van der Waals surface area contributed by atoms with Crippen LogP contribution in [0.5, 0.6) is 0 Å². The lowest BCUT2D eigenvalue weighted by Crippen LogP contribution is -2.50. The van der Waals surface area contributed by atoms with Gasteiger partial charge in [0.15, 0.2) is 0 Å². The lowest BCUT2D eigenvalue weighted by Gasteiger charge is -2.25. The summed E-state index contributed by atoms with van der Waals surface area (Å²) in [6, 6.07) is 0. The molecule has 0 amide bonds. The SMILES string of the molecule is F/C=C\C(F)(F)C(F)(F)C(F)(F)F. The molecule has 0 atom stereocenters. The molecule has 8 heteroatoms. The van der Waals surface area contributed by atoms with Gasteiger partial charge in [-0.2, -0.15) is 30.7 Å². The quantitative estimate of drug-likeness (QED) is 0.618. The molecule has 0 bridgehead atoms. The van der Waals surface area contributed by atoms with Crippen molar-refractivity contribution in [3.63, 3.8) is 0 Å². The highest BCUT2D eigenvalue weighted by Gasteiger charge is 2.71. The van der Waals surface area contributed by atoms with Crippen molar-refractivity contribution in [3.05, 3.63) is 12.4 Å². The van der Waals surface area contributed by atoms with Gasteiger partial charge in [0.25, 0.3) is 0 Å². The van der Waals surface area contributed by atoms with E-state index in [2.05, 4.69) is 0 Å². The molecule has 0 saturated heterocycles. The average molecular weight is 214 g/mol. The molecule has 0 aliphatic rings. The van der Waals surface area contributed by atoms with E-state index in [0.717, 1.165) is 0 Å². The van der Waals surface area contributed by atoms with Crippen molar-refractivity contribution in [1.29, 1.82) is 0 Å². The van der Waals surface area contributed by atoms with Crippen LogP contribution >= 0.6 is 0 Å². The number of rotatable bonds is 2. The van der Waals surface area contributed by atoms with Gasteiger partial charge in [-0.3, -0.25) is 0 Å². The molecule has 0 unspecified atom stereocenters. The standard InChI is InChI=1S/C5H2F8/c6-2-1-3(7,8)4(9,10)5(11,12)13/h1-2H/b2-1-. The Kier molecular flexibility index (Phi) is 2.95. The second-order valence-corrected chi connectivity index (χ2v) is 1.99. The van der Waals surface area contributed by atoms with Gasteiger partial charge in [-0.05, 0) is 0 Å². The van der Waals surface area contributed by atoms with Crippen molar-refractivity contribution in [3.8, 4) is 0 Å². The number of alkyl halides is 7. The predicted octanol–water partition coefficient (Wildman–Crippen LogP) is 3.30. The fraction of sp³-hybridized carbons (Fsp3) is 0.600. The van der Waals surface area contributed by atoms with E-state index in [1.807, 2.05) is 0 Å². The van der Waals surface area contributed by atoms with Gasteiger partial charge < -0.3 is 0 Å². The molecule has 0 N–H and O–H groups in total. The largest absolute Gasteiger partial charge is 0.460 e. The summed E-state index contributed by atoms with van der Waals surface area (Å²) in [4.78, 5) is 0. The van der Waals surface area contributed by atoms with Gasteiger partial charge in [-0.1, -0.05) is 0 Å². The normalized spacial score (nSPS) is 15.4. The summed E-state index contributed by atoms with van der Waals surface area (Å²) >= 11 is 0. The first kappa shape index (κ1) is 12.2. The van der Waals surface area contributed by atoms with Crippen LogP contribution < -0.4 is 0 Å². The number of hydrogen-bond donors (Lipinski definition) is 0. The summed E-state index contributed by atoms with van der Waals surface area (Å²) < 4.78 is 92.3. The Morgan fingerprint density at radius 3 is 1.38 bits per heavy atom. The van der Waals surface area contributed by atoms with Gasteiger partial charge in [0.2, 0.25) is 0 Å². The Bertz CT molecular complexity index is 199. The molecule has 0 aromatic rings. The second kappa shape index (κ2) is 3.15. The van der Waals surface area contributed by atoms with E-state index in [4.69, 9.17) is 0 Å². The minimum Gasteiger partial charge on any atom is -0.216 e. The Morgan fingerprint density at radius 2 is 1.15 bits per heavy atom. The molecule has 0 spiro atoms. The Morgan fingerprint density at radius 1 is 0.769 bits per heavy atom. The van der Waals surface area contributed by atoms with E-state index >= 15 is 0 Å². The van der Waals surface area contributed by atoms with Crippen molar-refractivity contribution < 1.29 is 35.1 Å². The van der Waals surface area contributed by atoms with Crippen LogP contribution in [-0.4, -0.2) is 18.0 Å². The molecule has 0 heterocycles. The molecule has 0 fully saturated rings. The van der Waals surface area contributed by atoms with Crippen LogP contribution in [0.3, 0.4) is 0 Å². The van der Waals surface area contributed by atoms with E-state index in [9.17, 15) is 35.1 Å². The average Bonchev–Trinajstić information content (AvgIpc) is 1.84. The molecule has 0 rings (SSSR count). The Balaban J connectivity index is 5.03. The zero-order valence-corrected chi connectivity index (χ0v) is 5.68. The maximum absolute atomic E-state index is 11.9. The van der Waals surface area contributed by atoms with Gasteiger partial charge >= 0.3 is 18.0 Å². The van der Waals surface area contributed by atoms with Crippen LogP contribution in [0.25, 0.3) is 0 Å². The second-order valence-electron chi connectivity index (χ2n) is 1.99. The monoisotopic (exact) mass is 214 g/mol.